The lowest BCUT2D eigenvalue weighted by molar-refractivity contribution is -0.138. The molecule has 0 atom stereocenters. The van der Waals surface area contributed by atoms with Crippen molar-refractivity contribution in [3.63, 3.8) is 0 Å². The average molecular weight is 280 g/mol. The highest BCUT2D eigenvalue weighted by Crippen LogP contribution is 2.20. The van der Waals surface area contributed by atoms with Crippen molar-refractivity contribution in [2.75, 3.05) is 30.8 Å². The Hall–Kier alpha value is -1.85. The van der Waals surface area contributed by atoms with E-state index in [1.807, 2.05) is 6.92 Å². The molecule has 0 spiro atoms. The van der Waals surface area contributed by atoms with Crippen LogP contribution in [-0.2, 0) is 16.0 Å². The lowest BCUT2D eigenvalue weighted by Crippen LogP contribution is -2.18. The van der Waals surface area contributed by atoms with Gasteiger partial charge in [0.25, 0.3) is 0 Å². The predicted molar refractivity (Wildman–Crippen MR) is 80.1 cm³/mol. The molecule has 0 amide bonds. The molecule has 1 heterocycles. The van der Waals surface area contributed by atoms with Crippen LogP contribution in [0.1, 0.15) is 38.1 Å². The molecule has 1 rings (SSSR count). The fourth-order valence-corrected chi connectivity index (χ4v) is 1.71. The van der Waals surface area contributed by atoms with Crippen molar-refractivity contribution in [3.05, 3.63) is 11.4 Å². The van der Waals surface area contributed by atoms with Crippen molar-refractivity contribution >= 4 is 17.6 Å². The molecule has 112 valence electrons. The summed E-state index contributed by atoms with van der Waals surface area (Å²) in [6.45, 7) is 7.09. The number of esters is 1. The number of carbonyl (C=O) groups excluding carboxylic acids is 1. The van der Waals surface area contributed by atoms with Gasteiger partial charge in [0.2, 0.25) is 0 Å². The number of hydrogen-bond acceptors (Lipinski definition) is 6. The van der Waals surface area contributed by atoms with Gasteiger partial charge in [0.05, 0.1) is 7.11 Å². The second-order valence-corrected chi connectivity index (χ2v) is 4.57. The smallest absolute Gasteiger partial charge is 0.325 e. The monoisotopic (exact) mass is 280 g/mol. The number of nitrogens with one attached hydrogen (secondary N) is 2. The van der Waals surface area contributed by atoms with Crippen LogP contribution in [0.5, 0.6) is 0 Å². The van der Waals surface area contributed by atoms with Crippen LogP contribution in [0, 0.1) is 6.92 Å². The fraction of sp³-hybridized carbons (Fsp3) is 0.643. The molecule has 1 aromatic rings. The van der Waals surface area contributed by atoms with E-state index in [2.05, 4.69) is 39.2 Å². The number of anilines is 2. The summed E-state index contributed by atoms with van der Waals surface area (Å²) in [5.41, 5.74) is 0.919. The van der Waals surface area contributed by atoms with Crippen LogP contribution in [0.15, 0.2) is 0 Å². The quantitative estimate of drug-likeness (QED) is 0.711. The van der Waals surface area contributed by atoms with Crippen molar-refractivity contribution in [3.8, 4) is 0 Å². The zero-order valence-electron chi connectivity index (χ0n) is 12.7. The number of nitrogens with zero attached hydrogens (tertiary/aromatic N) is 2. The second kappa shape index (κ2) is 8.35. The maximum atomic E-state index is 11.2. The molecule has 1 aromatic heterocycles. The molecule has 0 fully saturated rings. The lowest BCUT2D eigenvalue weighted by atomic mass is 10.2. The van der Waals surface area contributed by atoms with Crippen molar-refractivity contribution in [2.24, 2.45) is 0 Å². The summed E-state index contributed by atoms with van der Waals surface area (Å²) in [5, 5.41) is 6.31. The van der Waals surface area contributed by atoms with Gasteiger partial charge in [-0.15, -0.1) is 0 Å². The first-order valence-electron chi connectivity index (χ1n) is 7.04. The van der Waals surface area contributed by atoms with Gasteiger partial charge >= 0.3 is 5.97 Å². The minimum absolute atomic E-state index is 0.104. The van der Waals surface area contributed by atoms with E-state index in [4.69, 9.17) is 0 Å². The molecular weight excluding hydrogens is 256 g/mol. The summed E-state index contributed by atoms with van der Waals surface area (Å²) >= 11 is 0. The highest BCUT2D eigenvalue weighted by molar-refractivity contribution is 5.75. The third-order valence-electron chi connectivity index (χ3n) is 2.84. The Labute approximate surface area is 120 Å². The Kier molecular flexibility index (Phi) is 6.76. The summed E-state index contributed by atoms with van der Waals surface area (Å²) in [4.78, 5) is 20.2. The zero-order chi connectivity index (χ0) is 15.0. The summed E-state index contributed by atoms with van der Waals surface area (Å²) in [6.07, 6.45) is 2.82. The molecule has 0 aliphatic carbocycles. The largest absolute Gasteiger partial charge is 0.468 e. The van der Waals surface area contributed by atoms with E-state index in [0.717, 1.165) is 43.0 Å². The van der Waals surface area contributed by atoms with E-state index in [9.17, 15) is 4.79 Å². The highest BCUT2D eigenvalue weighted by atomic mass is 16.5. The number of hydrogen-bond donors (Lipinski definition) is 2. The number of rotatable bonds is 8. The van der Waals surface area contributed by atoms with E-state index in [0.29, 0.717) is 5.82 Å². The molecule has 0 bridgehead atoms. The van der Waals surface area contributed by atoms with E-state index < -0.39 is 0 Å². The third kappa shape index (κ3) is 4.68. The van der Waals surface area contributed by atoms with Gasteiger partial charge < -0.3 is 15.4 Å². The minimum Gasteiger partial charge on any atom is -0.468 e. The van der Waals surface area contributed by atoms with Crippen molar-refractivity contribution in [2.45, 2.75) is 40.0 Å². The van der Waals surface area contributed by atoms with Crippen LogP contribution in [0.3, 0.4) is 0 Å². The molecule has 0 aliphatic heterocycles. The van der Waals surface area contributed by atoms with Crippen LogP contribution in [-0.4, -0.2) is 36.1 Å². The number of aryl methyl sites for hydroxylation is 1. The maximum absolute atomic E-state index is 11.2. The molecule has 0 unspecified atom stereocenters. The van der Waals surface area contributed by atoms with Crippen LogP contribution >= 0.6 is 0 Å². The Morgan fingerprint density at radius 1 is 1.15 bits per heavy atom. The van der Waals surface area contributed by atoms with Gasteiger partial charge in [-0.2, -0.15) is 0 Å². The summed E-state index contributed by atoms with van der Waals surface area (Å²) in [5.74, 6) is 1.98. The fourth-order valence-electron chi connectivity index (χ4n) is 1.71. The summed E-state index contributed by atoms with van der Waals surface area (Å²) in [6, 6.07) is 0. The van der Waals surface area contributed by atoms with Crippen molar-refractivity contribution in [1.82, 2.24) is 9.97 Å². The average Bonchev–Trinajstić information content (AvgIpc) is 2.45. The van der Waals surface area contributed by atoms with Gasteiger partial charge in [-0.25, -0.2) is 9.97 Å². The molecule has 6 heteroatoms. The van der Waals surface area contributed by atoms with Gasteiger partial charge in [-0.3, -0.25) is 4.79 Å². The van der Waals surface area contributed by atoms with Gasteiger partial charge in [0, 0.05) is 18.5 Å². The molecule has 0 saturated heterocycles. The van der Waals surface area contributed by atoms with E-state index >= 15 is 0 Å². The van der Waals surface area contributed by atoms with Crippen LogP contribution in [0.4, 0.5) is 11.6 Å². The first-order valence-corrected chi connectivity index (χ1v) is 7.04. The topological polar surface area (TPSA) is 76.1 Å². The van der Waals surface area contributed by atoms with E-state index in [-0.39, 0.29) is 12.5 Å². The molecule has 20 heavy (non-hydrogen) atoms. The molecule has 6 nitrogen and oxygen atoms in total. The Balaban J connectivity index is 2.94. The maximum Gasteiger partial charge on any atom is 0.325 e. The van der Waals surface area contributed by atoms with Gasteiger partial charge in [0.15, 0.2) is 0 Å². The van der Waals surface area contributed by atoms with Crippen LogP contribution in [0.25, 0.3) is 0 Å². The Bertz CT molecular complexity index is 449. The zero-order valence-corrected chi connectivity index (χ0v) is 12.7. The van der Waals surface area contributed by atoms with E-state index in [1.165, 1.54) is 7.11 Å². The lowest BCUT2D eigenvalue weighted by Gasteiger charge is -2.14. The van der Waals surface area contributed by atoms with Gasteiger partial charge in [0.1, 0.15) is 24.0 Å². The first-order chi connectivity index (χ1) is 9.62. The number of ether oxygens (including phenoxy) is 1. The predicted octanol–water partition coefficient (Wildman–Crippen LogP) is 2.14. The number of carbonyl (C=O) groups is 1. The van der Waals surface area contributed by atoms with Crippen molar-refractivity contribution in [1.29, 1.82) is 0 Å². The molecule has 0 aliphatic rings. The third-order valence-corrected chi connectivity index (χ3v) is 2.84. The summed E-state index contributed by atoms with van der Waals surface area (Å²) in [7, 11) is 1.37. The SMILES string of the molecule is CCCNc1nc(CCC)nc(NCC(=O)OC)c1C. The molecule has 0 radical (unpaired) electrons. The first kappa shape index (κ1) is 16.2. The molecule has 0 aromatic carbocycles. The normalized spacial score (nSPS) is 10.2. The van der Waals surface area contributed by atoms with Crippen LogP contribution in [0.2, 0.25) is 0 Å². The second-order valence-electron chi connectivity index (χ2n) is 4.57. The van der Waals surface area contributed by atoms with Crippen molar-refractivity contribution < 1.29 is 9.53 Å². The minimum atomic E-state index is -0.317. The van der Waals surface area contributed by atoms with Crippen LogP contribution < -0.4 is 10.6 Å². The highest BCUT2D eigenvalue weighted by Gasteiger charge is 2.11. The van der Waals surface area contributed by atoms with Gasteiger partial charge in [-0.1, -0.05) is 13.8 Å². The number of methoxy groups -OCH3 is 1. The number of aromatic nitrogens is 2. The Morgan fingerprint density at radius 3 is 2.35 bits per heavy atom. The molecular formula is C14H24N4O2. The Morgan fingerprint density at radius 2 is 1.80 bits per heavy atom. The molecule has 0 saturated carbocycles. The van der Waals surface area contributed by atoms with Gasteiger partial charge in [-0.05, 0) is 19.8 Å². The molecule has 2 N–H and O–H groups in total. The van der Waals surface area contributed by atoms with E-state index in [1.54, 1.807) is 0 Å². The standard InChI is InChI=1S/C14H24N4O2/c1-5-7-11-17-13(15-8-6-2)10(3)14(18-11)16-9-12(19)20-4/h5-9H2,1-4H3,(H2,15,16,17,18). The summed E-state index contributed by atoms with van der Waals surface area (Å²) < 4.78 is 4.62.